The molecule has 1 aromatic carbocycles. The predicted octanol–water partition coefficient (Wildman–Crippen LogP) is 4.60. The first-order valence-electron chi connectivity index (χ1n) is 21.0. The van der Waals surface area contributed by atoms with Crippen molar-refractivity contribution in [2.24, 2.45) is 5.92 Å². The number of piperazine rings is 1. The Labute approximate surface area is 366 Å². The van der Waals surface area contributed by atoms with Crippen molar-refractivity contribution in [1.82, 2.24) is 44.9 Å². The maximum atomic E-state index is 15.2. The average molecular weight is 919 g/mol. The van der Waals surface area contributed by atoms with E-state index in [1.54, 1.807) is 16.9 Å². The smallest absolute Gasteiger partial charge is 0.383 e. The third kappa shape index (κ3) is 10.1. The molecule has 348 valence electrons. The van der Waals surface area contributed by atoms with Gasteiger partial charge in [0.2, 0.25) is 17.7 Å². The van der Waals surface area contributed by atoms with Crippen LogP contribution in [-0.2, 0) is 19.1 Å². The summed E-state index contributed by atoms with van der Waals surface area (Å²) >= 11 is 0. The number of carbonyl (C=O) groups is 4. The second kappa shape index (κ2) is 18.7. The molecule has 4 amide bonds. The van der Waals surface area contributed by atoms with Crippen LogP contribution in [0.1, 0.15) is 78.7 Å². The van der Waals surface area contributed by atoms with Crippen LogP contribution in [0.25, 0.3) is 5.69 Å². The van der Waals surface area contributed by atoms with Crippen molar-refractivity contribution in [1.29, 1.82) is 0 Å². The molecule has 3 N–H and O–H groups in total. The molecule has 0 radical (unpaired) electrons. The van der Waals surface area contributed by atoms with Crippen LogP contribution in [0, 0.1) is 17.6 Å². The molecule has 1 saturated carbocycles. The molecule has 4 fully saturated rings. The molecule has 3 aromatic heterocycles. The van der Waals surface area contributed by atoms with E-state index in [2.05, 4.69) is 41.1 Å². The first-order valence-corrected chi connectivity index (χ1v) is 21.0. The second-order valence-electron chi connectivity index (χ2n) is 16.6. The molecule has 3 saturated heterocycles. The van der Waals surface area contributed by atoms with Gasteiger partial charge in [-0.2, -0.15) is 28.2 Å². The van der Waals surface area contributed by atoms with E-state index in [-0.39, 0.29) is 84.1 Å². The standard InChI is InChI=1S/C41H45F7N12O5/c1-65-20-27-18-56(40(64)22-16-57(17-22)26-12-29(42)35(30(43)13-26)28-6-7-34(61)53-38(28)62)10-11-58(27)23-2-4-24(5-3-23)59-19-32(36(55-59)37(44)45)52-39(63)31-15-51-60(54-31)25-8-9-49-33(14-25)50-21-41(46,47)48/h8-9,12-15,19,22-24,27-28,37H,2-7,10-11,16-18,20-21H2,1H3,(H,49,50)(H,52,63)(H,53,61,62)/t23?,24?,27-,28-/m1/s1. The van der Waals surface area contributed by atoms with E-state index < -0.39 is 66.0 Å². The number of nitrogens with zero attached hydrogens (tertiary/aromatic N) is 9. The summed E-state index contributed by atoms with van der Waals surface area (Å²) in [6.07, 6.45) is -1.25. The first-order chi connectivity index (χ1) is 31.0. The third-order valence-electron chi connectivity index (χ3n) is 12.3. The molecule has 0 unspecified atom stereocenters. The van der Waals surface area contributed by atoms with E-state index in [9.17, 15) is 41.1 Å². The Kier molecular flexibility index (Phi) is 13.1. The number of pyridine rings is 1. The van der Waals surface area contributed by atoms with Crippen LogP contribution in [0.5, 0.6) is 0 Å². The number of alkyl halides is 5. The number of amides is 4. The fraction of sp³-hybridized carbons (Fsp3) is 0.512. The number of hydrogen-bond donors (Lipinski definition) is 3. The SMILES string of the molecule is COC[C@H]1CN(C(=O)C2CN(c3cc(F)c([C@H]4CCC(=O)NC4=O)c(F)c3)C2)CCN1C1CCC(n2cc(NC(=O)c3cnn(-c4ccnc(NCC(F)(F)F)c4)n3)c(C(F)F)n2)CC1. The van der Waals surface area contributed by atoms with E-state index in [1.807, 2.05) is 0 Å². The molecule has 6 heterocycles. The van der Waals surface area contributed by atoms with Gasteiger partial charge in [-0.1, -0.05) is 0 Å². The Morgan fingerprint density at radius 1 is 0.954 bits per heavy atom. The van der Waals surface area contributed by atoms with Crippen molar-refractivity contribution in [2.45, 2.75) is 75.2 Å². The number of rotatable bonds is 13. The minimum absolute atomic E-state index is 0.00761. The highest BCUT2D eigenvalue weighted by Crippen LogP contribution is 2.37. The maximum absolute atomic E-state index is 15.2. The highest BCUT2D eigenvalue weighted by molar-refractivity contribution is 6.03. The molecule has 0 spiro atoms. The van der Waals surface area contributed by atoms with Crippen molar-refractivity contribution in [3.05, 3.63) is 71.4 Å². The van der Waals surface area contributed by atoms with E-state index in [0.717, 1.165) is 23.1 Å². The quantitative estimate of drug-likeness (QED) is 0.125. The summed E-state index contributed by atoms with van der Waals surface area (Å²) in [6, 6.07) is 4.70. The number of carbonyl (C=O) groups excluding carboxylic acids is 4. The minimum Gasteiger partial charge on any atom is -0.383 e. The van der Waals surface area contributed by atoms with Gasteiger partial charge in [0.15, 0.2) is 11.4 Å². The van der Waals surface area contributed by atoms with Gasteiger partial charge < -0.3 is 25.2 Å². The lowest BCUT2D eigenvalue weighted by atomic mass is 9.88. The van der Waals surface area contributed by atoms with Crippen LogP contribution in [0.3, 0.4) is 0 Å². The van der Waals surface area contributed by atoms with Crippen molar-refractivity contribution in [3.8, 4) is 5.69 Å². The van der Waals surface area contributed by atoms with Gasteiger partial charge in [0, 0.05) is 82.0 Å². The first kappa shape index (κ1) is 45.4. The topological polar surface area (TPSA) is 185 Å². The molecule has 1 aliphatic carbocycles. The van der Waals surface area contributed by atoms with E-state index in [4.69, 9.17) is 4.74 Å². The number of piperidine rings is 1. The Hall–Kier alpha value is -6.17. The number of nitrogens with one attached hydrogen (secondary N) is 3. The second-order valence-corrected chi connectivity index (χ2v) is 16.6. The number of benzene rings is 1. The van der Waals surface area contributed by atoms with Gasteiger partial charge in [-0.3, -0.25) is 34.1 Å². The molecule has 4 aromatic rings. The Morgan fingerprint density at radius 3 is 2.35 bits per heavy atom. The van der Waals surface area contributed by atoms with Crippen molar-refractivity contribution in [3.63, 3.8) is 0 Å². The van der Waals surface area contributed by atoms with Gasteiger partial charge >= 0.3 is 6.18 Å². The van der Waals surface area contributed by atoms with Crippen molar-refractivity contribution >= 4 is 40.8 Å². The molecular weight excluding hydrogens is 874 g/mol. The summed E-state index contributed by atoms with van der Waals surface area (Å²) in [4.78, 5) is 61.3. The van der Waals surface area contributed by atoms with Crippen LogP contribution in [0.15, 0.2) is 42.9 Å². The van der Waals surface area contributed by atoms with Crippen LogP contribution < -0.4 is 20.9 Å². The number of methoxy groups -OCH3 is 1. The summed E-state index contributed by atoms with van der Waals surface area (Å²) in [5.41, 5.74) is -1.01. The lowest BCUT2D eigenvalue weighted by Gasteiger charge is -2.49. The normalized spacial score (nSPS) is 22.2. The van der Waals surface area contributed by atoms with Gasteiger partial charge in [-0.05, 0) is 50.3 Å². The molecule has 17 nitrogen and oxygen atoms in total. The number of imide groups is 1. The lowest BCUT2D eigenvalue weighted by molar-refractivity contribution is -0.141. The van der Waals surface area contributed by atoms with Crippen LogP contribution in [0.4, 0.5) is 47.9 Å². The zero-order valence-corrected chi connectivity index (χ0v) is 34.9. The monoisotopic (exact) mass is 918 g/mol. The number of hydrogen-bond acceptors (Lipinski definition) is 12. The number of anilines is 3. The van der Waals surface area contributed by atoms with Gasteiger partial charge in [-0.25, -0.2) is 22.5 Å². The Balaban J connectivity index is 0.838. The highest BCUT2D eigenvalue weighted by atomic mass is 19.4. The van der Waals surface area contributed by atoms with Crippen LogP contribution in [0.2, 0.25) is 0 Å². The van der Waals surface area contributed by atoms with Crippen molar-refractivity contribution in [2.75, 3.05) is 68.5 Å². The minimum atomic E-state index is -4.48. The molecule has 65 heavy (non-hydrogen) atoms. The van der Waals surface area contributed by atoms with Crippen LogP contribution >= 0.6 is 0 Å². The van der Waals surface area contributed by atoms with Crippen LogP contribution in [-0.4, -0.2) is 134 Å². The van der Waals surface area contributed by atoms with E-state index >= 15 is 8.78 Å². The number of aromatic nitrogens is 6. The largest absolute Gasteiger partial charge is 0.405 e. The van der Waals surface area contributed by atoms with Gasteiger partial charge in [0.25, 0.3) is 12.3 Å². The summed E-state index contributed by atoms with van der Waals surface area (Å²) in [5, 5.41) is 18.9. The maximum Gasteiger partial charge on any atom is 0.405 e. The Morgan fingerprint density at radius 2 is 1.68 bits per heavy atom. The third-order valence-corrected chi connectivity index (χ3v) is 12.3. The Bertz CT molecular complexity index is 2390. The predicted molar refractivity (Wildman–Crippen MR) is 216 cm³/mol. The summed E-state index contributed by atoms with van der Waals surface area (Å²) in [5.74, 6) is -5.54. The molecule has 4 aliphatic rings. The van der Waals surface area contributed by atoms with Gasteiger partial charge in [-0.15, -0.1) is 5.10 Å². The molecule has 3 aliphatic heterocycles. The summed E-state index contributed by atoms with van der Waals surface area (Å²) < 4.78 is 104. The zero-order valence-electron chi connectivity index (χ0n) is 34.9. The molecule has 24 heteroatoms. The molecular formula is C41H45F7N12O5. The zero-order chi connectivity index (χ0) is 46.2. The fourth-order valence-corrected chi connectivity index (χ4v) is 9.06. The number of halogens is 7. The van der Waals surface area contributed by atoms with Gasteiger partial charge in [0.1, 0.15) is 24.0 Å². The summed E-state index contributed by atoms with van der Waals surface area (Å²) in [6.45, 7) is 0.978. The molecule has 0 bridgehead atoms. The van der Waals surface area contributed by atoms with E-state index in [0.29, 0.717) is 51.9 Å². The molecule has 8 rings (SSSR count). The number of ether oxygens (including phenoxy) is 1. The lowest BCUT2D eigenvalue weighted by Crippen LogP contribution is -2.63. The summed E-state index contributed by atoms with van der Waals surface area (Å²) in [7, 11) is 1.58. The highest BCUT2D eigenvalue weighted by Gasteiger charge is 2.42. The van der Waals surface area contributed by atoms with E-state index in [1.165, 1.54) is 29.2 Å². The average Bonchev–Trinajstić information content (AvgIpc) is 3.92. The van der Waals surface area contributed by atoms with Gasteiger partial charge in [0.05, 0.1) is 48.1 Å². The fourth-order valence-electron chi connectivity index (χ4n) is 9.06. The molecule has 2 atom stereocenters. The van der Waals surface area contributed by atoms with Crippen molar-refractivity contribution < 1.29 is 54.6 Å².